The molecule has 5 nitrogen and oxygen atoms in total. The molecule has 0 bridgehead atoms. The number of halogens is 1. The summed E-state index contributed by atoms with van der Waals surface area (Å²) in [5.41, 5.74) is 3.43. The number of carbonyl (C=O) groups excluding carboxylic acids is 2. The van der Waals surface area contributed by atoms with E-state index >= 15 is 0 Å². The smallest absolute Gasteiger partial charge is 0.246 e. The minimum absolute atomic E-state index is 0.0169. The Balaban J connectivity index is 1.76. The minimum Gasteiger partial charge on any atom is -0.329 e. The molecule has 1 fully saturated rings. The number of anilines is 1. The van der Waals surface area contributed by atoms with Crippen LogP contribution in [0.3, 0.4) is 0 Å². The van der Waals surface area contributed by atoms with Gasteiger partial charge in [-0.1, -0.05) is 15.9 Å². The van der Waals surface area contributed by atoms with Gasteiger partial charge in [-0.05, 0) is 55.9 Å². The van der Waals surface area contributed by atoms with E-state index in [-0.39, 0.29) is 11.8 Å². The van der Waals surface area contributed by atoms with Gasteiger partial charge in [-0.25, -0.2) is 0 Å². The molecule has 2 N–H and O–H groups in total. The fourth-order valence-corrected chi connectivity index (χ4v) is 3.92. The van der Waals surface area contributed by atoms with Crippen LogP contribution in [0, 0.1) is 0 Å². The molecule has 3 rings (SSSR count). The molecule has 1 atom stereocenters. The van der Waals surface area contributed by atoms with Crippen LogP contribution in [-0.4, -0.2) is 42.4 Å². The van der Waals surface area contributed by atoms with Gasteiger partial charge >= 0.3 is 0 Å². The molecule has 2 amide bonds. The fourth-order valence-electron chi connectivity index (χ4n) is 3.35. The van der Waals surface area contributed by atoms with E-state index in [2.05, 4.69) is 26.6 Å². The Morgan fingerprint density at radius 1 is 1.30 bits per heavy atom. The van der Waals surface area contributed by atoms with Crippen LogP contribution in [0.1, 0.15) is 30.9 Å². The van der Waals surface area contributed by atoms with Gasteiger partial charge in [-0.3, -0.25) is 9.59 Å². The predicted molar refractivity (Wildman–Crippen MR) is 93.5 cm³/mol. The van der Waals surface area contributed by atoms with Gasteiger partial charge < -0.3 is 15.5 Å². The Labute approximate surface area is 144 Å². The first-order valence-electron chi connectivity index (χ1n) is 8.19. The molecule has 0 radical (unpaired) electrons. The summed E-state index contributed by atoms with van der Waals surface area (Å²) in [5.74, 6) is -0.132. The second-order valence-electron chi connectivity index (χ2n) is 6.19. The summed E-state index contributed by atoms with van der Waals surface area (Å²) in [6.07, 6.45) is 4.38. The normalized spacial score (nSPS) is 19.2. The van der Waals surface area contributed by atoms with Crippen molar-refractivity contribution in [3.8, 4) is 0 Å². The zero-order chi connectivity index (χ0) is 16.4. The number of amides is 2. The van der Waals surface area contributed by atoms with Gasteiger partial charge in [-0.15, -0.1) is 0 Å². The second kappa shape index (κ2) is 7.01. The first-order chi connectivity index (χ1) is 11.1. The lowest BCUT2D eigenvalue weighted by Crippen LogP contribution is -2.54. The highest BCUT2D eigenvalue weighted by Gasteiger charge is 2.28. The standard InChI is InChI=1S/C17H22BrN3O2/c1-11(21-9-8-19-10-16(21)22)17(23)20-15-7-6-14(18)12-4-2-3-5-13(12)15/h6-7,11,19H,2-5,8-10H2,1H3,(H,20,23). The topological polar surface area (TPSA) is 61.4 Å². The quantitative estimate of drug-likeness (QED) is 0.844. The Morgan fingerprint density at radius 2 is 2.04 bits per heavy atom. The SMILES string of the molecule is CC(C(=O)Nc1ccc(Br)c2c1CCCC2)N1CCNCC1=O. The van der Waals surface area contributed by atoms with E-state index in [1.807, 2.05) is 12.1 Å². The summed E-state index contributed by atoms with van der Waals surface area (Å²) in [5, 5.41) is 6.07. The van der Waals surface area contributed by atoms with Crippen molar-refractivity contribution in [2.24, 2.45) is 0 Å². The number of hydrogen-bond acceptors (Lipinski definition) is 3. The van der Waals surface area contributed by atoms with Crippen molar-refractivity contribution in [1.82, 2.24) is 10.2 Å². The number of rotatable bonds is 3. The number of piperazine rings is 1. The highest BCUT2D eigenvalue weighted by Crippen LogP contribution is 2.33. The molecule has 0 spiro atoms. The van der Waals surface area contributed by atoms with E-state index in [1.54, 1.807) is 11.8 Å². The molecule has 1 aromatic carbocycles. The molecule has 1 unspecified atom stereocenters. The number of fused-ring (bicyclic) bond motifs is 1. The van der Waals surface area contributed by atoms with Crippen LogP contribution in [0.25, 0.3) is 0 Å². The lowest BCUT2D eigenvalue weighted by Gasteiger charge is -2.32. The number of carbonyl (C=O) groups is 2. The van der Waals surface area contributed by atoms with Gasteiger partial charge in [0.05, 0.1) is 6.54 Å². The average Bonchev–Trinajstić information content (AvgIpc) is 2.57. The summed E-state index contributed by atoms with van der Waals surface area (Å²) in [6, 6.07) is 3.51. The van der Waals surface area contributed by atoms with Crippen LogP contribution in [0.15, 0.2) is 16.6 Å². The zero-order valence-corrected chi connectivity index (χ0v) is 14.9. The molecule has 1 saturated heterocycles. The van der Waals surface area contributed by atoms with Crippen LogP contribution in [0.2, 0.25) is 0 Å². The summed E-state index contributed by atoms with van der Waals surface area (Å²) in [6.45, 7) is 3.41. The monoisotopic (exact) mass is 379 g/mol. The van der Waals surface area contributed by atoms with Gasteiger partial charge in [0.1, 0.15) is 6.04 Å². The van der Waals surface area contributed by atoms with Crippen molar-refractivity contribution in [2.75, 3.05) is 25.0 Å². The van der Waals surface area contributed by atoms with Gasteiger partial charge in [-0.2, -0.15) is 0 Å². The van der Waals surface area contributed by atoms with Crippen molar-refractivity contribution >= 4 is 33.4 Å². The first kappa shape index (κ1) is 16.5. The molecule has 2 aliphatic rings. The van der Waals surface area contributed by atoms with E-state index in [0.717, 1.165) is 36.0 Å². The molecule has 0 aromatic heterocycles. The van der Waals surface area contributed by atoms with Crippen molar-refractivity contribution in [3.05, 3.63) is 27.7 Å². The van der Waals surface area contributed by atoms with Gasteiger partial charge in [0.25, 0.3) is 0 Å². The Morgan fingerprint density at radius 3 is 2.78 bits per heavy atom. The van der Waals surface area contributed by atoms with Crippen LogP contribution in [0.4, 0.5) is 5.69 Å². The third kappa shape index (κ3) is 3.43. The molecule has 1 aliphatic carbocycles. The van der Waals surface area contributed by atoms with Crippen LogP contribution >= 0.6 is 15.9 Å². The maximum absolute atomic E-state index is 12.6. The largest absolute Gasteiger partial charge is 0.329 e. The number of nitrogens with zero attached hydrogens (tertiary/aromatic N) is 1. The molecular formula is C17H22BrN3O2. The lowest BCUT2D eigenvalue weighted by atomic mass is 9.90. The van der Waals surface area contributed by atoms with Crippen LogP contribution in [0.5, 0.6) is 0 Å². The van der Waals surface area contributed by atoms with Gasteiger partial charge in [0, 0.05) is 23.2 Å². The number of nitrogens with one attached hydrogen (secondary N) is 2. The first-order valence-corrected chi connectivity index (χ1v) is 8.98. The molecule has 1 heterocycles. The molecule has 6 heteroatoms. The van der Waals surface area contributed by atoms with Crippen molar-refractivity contribution in [2.45, 2.75) is 38.6 Å². The molecule has 1 aromatic rings. The second-order valence-corrected chi connectivity index (χ2v) is 7.04. The summed E-state index contributed by atoms with van der Waals surface area (Å²) < 4.78 is 1.12. The zero-order valence-electron chi connectivity index (χ0n) is 13.3. The fraction of sp³-hybridized carbons (Fsp3) is 0.529. The average molecular weight is 380 g/mol. The summed E-state index contributed by atoms with van der Waals surface area (Å²) in [7, 11) is 0. The molecule has 1 aliphatic heterocycles. The molecule has 124 valence electrons. The van der Waals surface area contributed by atoms with E-state index < -0.39 is 6.04 Å². The Kier molecular flexibility index (Phi) is 5.02. The number of hydrogen-bond donors (Lipinski definition) is 2. The van der Waals surface area contributed by atoms with Gasteiger partial charge in [0.2, 0.25) is 11.8 Å². The van der Waals surface area contributed by atoms with Crippen LogP contribution in [-0.2, 0) is 22.4 Å². The van der Waals surface area contributed by atoms with Crippen molar-refractivity contribution in [3.63, 3.8) is 0 Å². The Bertz CT molecular complexity index is 633. The maximum Gasteiger partial charge on any atom is 0.246 e. The summed E-state index contributed by atoms with van der Waals surface area (Å²) in [4.78, 5) is 26.2. The summed E-state index contributed by atoms with van der Waals surface area (Å²) >= 11 is 3.61. The number of benzene rings is 1. The lowest BCUT2D eigenvalue weighted by molar-refractivity contribution is -0.138. The van der Waals surface area contributed by atoms with E-state index in [0.29, 0.717) is 13.1 Å². The molecule has 23 heavy (non-hydrogen) atoms. The Hall–Kier alpha value is -1.40. The van der Waals surface area contributed by atoms with E-state index in [1.165, 1.54) is 17.5 Å². The third-order valence-corrected chi connectivity index (χ3v) is 5.45. The highest BCUT2D eigenvalue weighted by molar-refractivity contribution is 9.10. The third-order valence-electron chi connectivity index (χ3n) is 4.71. The van der Waals surface area contributed by atoms with Gasteiger partial charge in [0.15, 0.2) is 0 Å². The highest BCUT2D eigenvalue weighted by atomic mass is 79.9. The van der Waals surface area contributed by atoms with E-state index in [4.69, 9.17) is 0 Å². The molecular weight excluding hydrogens is 358 g/mol. The minimum atomic E-state index is -0.451. The van der Waals surface area contributed by atoms with Crippen molar-refractivity contribution in [1.29, 1.82) is 0 Å². The molecule has 0 saturated carbocycles. The predicted octanol–water partition coefficient (Wildman–Crippen LogP) is 2.09. The van der Waals surface area contributed by atoms with E-state index in [9.17, 15) is 9.59 Å². The maximum atomic E-state index is 12.6. The van der Waals surface area contributed by atoms with Crippen LogP contribution < -0.4 is 10.6 Å². The van der Waals surface area contributed by atoms with Crippen molar-refractivity contribution < 1.29 is 9.59 Å².